The first-order valence-electron chi connectivity index (χ1n) is 7.29. The summed E-state index contributed by atoms with van der Waals surface area (Å²) >= 11 is 6.06. The standard InChI is InChI=1S/C15H22ClN3O/c1-4-15(5-2)6-8-19(9-7-15)14-12(10-20)13(16)17-11(3)18-14/h10H,4-9H2,1-3H3. The van der Waals surface area contributed by atoms with Crippen LogP contribution in [0.15, 0.2) is 0 Å². The van der Waals surface area contributed by atoms with E-state index in [1.54, 1.807) is 6.92 Å². The van der Waals surface area contributed by atoms with Crippen LogP contribution in [0.25, 0.3) is 0 Å². The zero-order valence-corrected chi connectivity index (χ0v) is 13.2. The second-order valence-electron chi connectivity index (χ2n) is 5.61. The van der Waals surface area contributed by atoms with E-state index in [4.69, 9.17) is 11.6 Å². The van der Waals surface area contributed by atoms with Crippen molar-refractivity contribution in [1.29, 1.82) is 0 Å². The lowest BCUT2D eigenvalue weighted by molar-refractivity contribution is 0.112. The predicted octanol–water partition coefficient (Wildman–Crippen LogP) is 3.66. The van der Waals surface area contributed by atoms with Crippen molar-refractivity contribution in [2.24, 2.45) is 5.41 Å². The van der Waals surface area contributed by atoms with Gasteiger partial charge in [-0.25, -0.2) is 9.97 Å². The Hall–Kier alpha value is -1.16. The van der Waals surface area contributed by atoms with Crippen molar-refractivity contribution < 1.29 is 4.79 Å². The van der Waals surface area contributed by atoms with Crippen molar-refractivity contribution in [2.75, 3.05) is 18.0 Å². The first-order chi connectivity index (χ1) is 9.55. The highest BCUT2D eigenvalue weighted by molar-refractivity contribution is 6.32. The van der Waals surface area contributed by atoms with Gasteiger partial charge in [-0.05, 0) is 25.2 Å². The number of aromatic nitrogens is 2. The van der Waals surface area contributed by atoms with Crippen LogP contribution in [-0.4, -0.2) is 29.3 Å². The molecule has 2 heterocycles. The molecule has 2 rings (SSSR count). The van der Waals surface area contributed by atoms with Crippen molar-refractivity contribution in [3.05, 3.63) is 16.5 Å². The number of hydrogen-bond donors (Lipinski definition) is 0. The van der Waals surface area contributed by atoms with Crippen LogP contribution in [0.2, 0.25) is 5.15 Å². The largest absolute Gasteiger partial charge is 0.356 e. The molecule has 20 heavy (non-hydrogen) atoms. The van der Waals surface area contributed by atoms with Gasteiger partial charge in [-0.1, -0.05) is 38.3 Å². The maximum atomic E-state index is 11.3. The van der Waals surface area contributed by atoms with Gasteiger partial charge >= 0.3 is 0 Å². The number of carbonyl (C=O) groups excluding carboxylic acids is 1. The van der Waals surface area contributed by atoms with Crippen molar-refractivity contribution in [2.45, 2.75) is 46.5 Å². The summed E-state index contributed by atoms with van der Waals surface area (Å²) in [6.45, 7) is 8.18. The van der Waals surface area contributed by atoms with Gasteiger partial charge in [0.2, 0.25) is 0 Å². The number of halogens is 1. The first-order valence-corrected chi connectivity index (χ1v) is 7.67. The Bertz CT molecular complexity index is 490. The first kappa shape index (κ1) is 15.2. The molecule has 1 fully saturated rings. The smallest absolute Gasteiger partial charge is 0.156 e. The van der Waals surface area contributed by atoms with Gasteiger partial charge in [0.15, 0.2) is 6.29 Å². The summed E-state index contributed by atoms with van der Waals surface area (Å²) in [5.74, 6) is 1.30. The Balaban J connectivity index is 2.25. The lowest BCUT2D eigenvalue weighted by Gasteiger charge is -2.41. The quantitative estimate of drug-likeness (QED) is 0.628. The fourth-order valence-electron chi connectivity index (χ4n) is 3.03. The highest BCUT2D eigenvalue weighted by Gasteiger charge is 2.32. The number of hydrogen-bond acceptors (Lipinski definition) is 4. The molecule has 0 spiro atoms. The lowest BCUT2D eigenvalue weighted by atomic mass is 9.74. The molecule has 0 unspecified atom stereocenters. The number of aryl methyl sites for hydroxylation is 1. The molecule has 110 valence electrons. The van der Waals surface area contributed by atoms with Crippen LogP contribution >= 0.6 is 11.6 Å². The van der Waals surface area contributed by atoms with E-state index in [-0.39, 0.29) is 5.15 Å². The van der Waals surface area contributed by atoms with Crippen LogP contribution in [0.4, 0.5) is 5.82 Å². The summed E-state index contributed by atoms with van der Waals surface area (Å²) in [5.41, 5.74) is 0.863. The van der Waals surface area contributed by atoms with Gasteiger partial charge in [0.05, 0.1) is 5.56 Å². The second kappa shape index (κ2) is 6.08. The van der Waals surface area contributed by atoms with Crippen LogP contribution in [0, 0.1) is 12.3 Å². The number of rotatable bonds is 4. The predicted molar refractivity (Wildman–Crippen MR) is 81.6 cm³/mol. The van der Waals surface area contributed by atoms with Crippen molar-refractivity contribution in [3.63, 3.8) is 0 Å². The maximum Gasteiger partial charge on any atom is 0.156 e. The molecule has 4 nitrogen and oxygen atoms in total. The van der Waals surface area contributed by atoms with Crippen LogP contribution in [-0.2, 0) is 0 Å². The molecule has 5 heteroatoms. The molecule has 0 aliphatic carbocycles. The molecule has 0 saturated carbocycles. The van der Waals surface area contributed by atoms with E-state index in [2.05, 4.69) is 28.7 Å². The molecule has 0 amide bonds. The van der Waals surface area contributed by atoms with Gasteiger partial charge in [0.25, 0.3) is 0 Å². The molecular formula is C15H22ClN3O. The minimum absolute atomic E-state index is 0.255. The Morgan fingerprint density at radius 1 is 1.25 bits per heavy atom. The number of aldehydes is 1. The third-order valence-electron chi connectivity index (χ3n) is 4.73. The minimum Gasteiger partial charge on any atom is -0.356 e. The van der Waals surface area contributed by atoms with Gasteiger partial charge in [-0.3, -0.25) is 4.79 Å². The molecule has 0 atom stereocenters. The monoisotopic (exact) mass is 295 g/mol. The average molecular weight is 296 g/mol. The van der Waals surface area contributed by atoms with Gasteiger partial charge in [-0.15, -0.1) is 0 Å². The number of piperidine rings is 1. The van der Waals surface area contributed by atoms with Gasteiger partial charge in [-0.2, -0.15) is 0 Å². The summed E-state index contributed by atoms with van der Waals surface area (Å²) in [4.78, 5) is 21.9. The highest BCUT2D eigenvalue weighted by atomic mass is 35.5. The molecular weight excluding hydrogens is 274 g/mol. The summed E-state index contributed by atoms with van der Waals surface area (Å²) in [5, 5.41) is 0.255. The van der Waals surface area contributed by atoms with E-state index >= 15 is 0 Å². The molecule has 0 bridgehead atoms. The molecule has 0 aromatic carbocycles. The van der Waals surface area contributed by atoms with Gasteiger partial charge in [0, 0.05) is 13.1 Å². The molecule has 1 aromatic heterocycles. The third kappa shape index (κ3) is 2.80. The van der Waals surface area contributed by atoms with Crippen molar-refractivity contribution in [3.8, 4) is 0 Å². The normalized spacial score (nSPS) is 18.1. The molecule has 1 aliphatic heterocycles. The Morgan fingerprint density at radius 2 is 1.85 bits per heavy atom. The van der Waals surface area contributed by atoms with E-state index in [9.17, 15) is 4.79 Å². The summed E-state index contributed by atoms with van der Waals surface area (Å²) < 4.78 is 0. The minimum atomic E-state index is 0.255. The Morgan fingerprint density at radius 3 is 2.35 bits per heavy atom. The van der Waals surface area contributed by atoms with E-state index in [1.165, 1.54) is 12.8 Å². The molecule has 1 aromatic rings. The van der Waals surface area contributed by atoms with Crippen LogP contribution < -0.4 is 4.90 Å². The molecule has 0 radical (unpaired) electrons. The van der Waals surface area contributed by atoms with Crippen LogP contribution in [0.3, 0.4) is 0 Å². The topological polar surface area (TPSA) is 46.1 Å². The number of nitrogens with zero attached hydrogens (tertiary/aromatic N) is 3. The van der Waals surface area contributed by atoms with Crippen molar-refractivity contribution in [1.82, 2.24) is 9.97 Å². The van der Waals surface area contributed by atoms with Crippen LogP contribution in [0.5, 0.6) is 0 Å². The van der Waals surface area contributed by atoms with E-state index in [0.29, 0.717) is 22.6 Å². The van der Waals surface area contributed by atoms with E-state index < -0.39 is 0 Å². The molecule has 1 aliphatic rings. The fraction of sp³-hybridized carbons (Fsp3) is 0.667. The SMILES string of the molecule is CCC1(CC)CCN(c2nc(C)nc(Cl)c2C=O)CC1. The zero-order chi connectivity index (χ0) is 14.8. The lowest BCUT2D eigenvalue weighted by Crippen LogP contribution is -2.40. The fourth-order valence-corrected chi connectivity index (χ4v) is 3.28. The van der Waals surface area contributed by atoms with E-state index in [0.717, 1.165) is 32.2 Å². The second-order valence-corrected chi connectivity index (χ2v) is 5.97. The van der Waals surface area contributed by atoms with Crippen LogP contribution in [0.1, 0.15) is 55.7 Å². The zero-order valence-electron chi connectivity index (χ0n) is 12.4. The third-order valence-corrected chi connectivity index (χ3v) is 5.02. The molecule has 1 saturated heterocycles. The van der Waals surface area contributed by atoms with Gasteiger partial charge < -0.3 is 4.90 Å². The maximum absolute atomic E-state index is 11.3. The number of anilines is 1. The number of carbonyl (C=O) groups is 1. The molecule has 0 N–H and O–H groups in total. The highest BCUT2D eigenvalue weighted by Crippen LogP contribution is 2.39. The Labute approximate surface area is 125 Å². The Kier molecular flexibility index (Phi) is 4.63. The summed E-state index contributed by atoms with van der Waals surface area (Å²) in [7, 11) is 0. The van der Waals surface area contributed by atoms with E-state index in [1.807, 2.05) is 0 Å². The summed E-state index contributed by atoms with van der Waals surface area (Å²) in [6, 6.07) is 0. The van der Waals surface area contributed by atoms with Gasteiger partial charge in [0.1, 0.15) is 16.8 Å². The summed E-state index contributed by atoms with van der Waals surface area (Å²) in [6.07, 6.45) is 5.46. The van der Waals surface area contributed by atoms with Crippen molar-refractivity contribution >= 4 is 23.7 Å². The average Bonchev–Trinajstić information content (AvgIpc) is 2.46.